The van der Waals surface area contributed by atoms with Crippen molar-refractivity contribution in [2.24, 2.45) is 0 Å². The predicted octanol–water partition coefficient (Wildman–Crippen LogP) is 4.33. The lowest BCUT2D eigenvalue weighted by Crippen LogP contribution is -2.51. The van der Waals surface area contributed by atoms with Crippen molar-refractivity contribution in [3.63, 3.8) is 0 Å². The fourth-order valence-corrected chi connectivity index (χ4v) is 4.25. The van der Waals surface area contributed by atoms with Gasteiger partial charge in [0.25, 0.3) is 0 Å². The van der Waals surface area contributed by atoms with E-state index in [1.165, 1.54) is 0 Å². The highest BCUT2D eigenvalue weighted by molar-refractivity contribution is 6.32. The van der Waals surface area contributed by atoms with Gasteiger partial charge in [-0.25, -0.2) is 0 Å². The van der Waals surface area contributed by atoms with Crippen LogP contribution in [0.25, 0.3) is 0 Å². The minimum absolute atomic E-state index is 0.225. The van der Waals surface area contributed by atoms with Crippen molar-refractivity contribution in [2.45, 2.75) is 38.5 Å². The molecule has 0 bridgehead atoms. The Bertz CT molecular complexity index is 1010. The monoisotopic (exact) mass is 455 g/mol. The lowest BCUT2D eigenvalue weighted by atomic mass is 9.93. The topological polar surface area (TPSA) is 59.8 Å². The minimum atomic E-state index is -0.900. The molecular formula is C25H30ClN3O3. The molecule has 1 aromatic heterocycles. The molecule has 1 aliphatic rings. The van der Waals surface area contributed by atoms with Gasteiger partial charge in [0.05, 0.1) is 11.6 Å². The molecule has 170 valence electrons. The molecule has 1 fully saturated rings. The van der Waals surface area contributed by atoms with Gasteiger partial charge in [0.1, 0.15) is 30.3 Å². The Kier molecular flexibility index (Phi) is 7.35. The number of nitrogens with zero attached hydrogens (tertiary/aromatic N) is 3. The standard InChI is InChI=1S/C25H30ClN3O3/c1-20-7-8-23(26)24(15-20)32-19-25(30)9-3-11-28(18-25)17-21-5-2-6-22(16-21)31-14-13-29-12-4-10-27-29/h2,4-8,10,12,15-16,30H,3,9,11,13-14,17-19H2,1H3/t25-/m0/s1. The molecule has 6 nitrogen and oxygen atoms in total. The van der Waals surface area contributed by atoms with Crippen LogP contribution < -0.4 is 9.47 Å². The molecule has 0 saturated carbocycles. The van der Waals surface area contributed by atoms with Crippen LogP contribution in [-0.2, 0) is 13.1 Å². The molecule has 1 saturated heterocycles. The zero-order valence-electron chi connectivity index (χ0n) is 18.4. The fraction of sp³-hybridized carbons (Fsp3) is 0.400. The molecular weight excluding hydrogens is 426 g/mol. The maximum Gasteiger partial charge on any atom is 0.138 e. The number of β-amino-alcohol motifs (C(OH)–C–C–N with tert-alkyl or cyclic N) is 1. The van der Waals surface area contributed by atoms with Crippen LogP contribution in [-0.4, -0.2) is 51.7 Å². The van der Waals surface area contributed by atoms with Crippen molar-refractivity contribution < 1.29 is 14.6 Å². The molecule has 1 N–H and O–H groups in total. The van der Waals surface area contributed by atoms with Gasteiger partial charge in [-0.15, -0.1) is 0 Å². The molecule has 0 amide bonds. The number of hydrogen-bond acceptors (Lipinski definition) is 5. The number of rotatable bonds is 9. The first-order chi connectivity index (χ1) is 15.5. The van der Waals surface area contributed by atoms with E-state index in [1.54, 1.807) is 6.20 Å². The summed E-state index contributed by atoms with van der Waals surface area (Å²) in [4.78, 5) is 2.27. The Morgan fingerprint density at radius 2 is 2.06 bits per heavy atom. The average molecular weight is 456 g/mol. The molecule has 0 radical (unpaired) electrons. The molecule has 0 spiro atoms. The number of likely N-dealkylation sites (tertiary alicyclic amines) is 1. The Balaban J connectivity index is 1.30. The number of halogens is 1. The summed E-state index contributed by atoms with van der Waals surface area (Å²) >= 11 is 6.24. The van der Waals surface area contributed by atoms with E-state index in [2.05, 4.69) is 22.1 Å². The van der Waals surface area contributed by atoms with Gasteiger partial charge < -0.3 is 14.6 Å². The second kappa shape index (κ2) is 10.4. The predicted molar refractivity (Wildman–Crippen MR) is 125 cm³/mol. The second-order valence-corrected chi connectivity index (χ2v) is 8.93. The number of aromatic nitrogens is 2. The van der Waals surface area contributed by atoms with Crippen LogP contribution in [0.2, 0.25) is 5.02 Å². The lowest BCUT2D eigenvalue weighted by Gasteiger charge is -2.39. The second-order valence-electron chi connectivity index (χ2n) is 8.53. The molecule has 0 unspecified atom stereocenters. The normalized spacial score (nSPS) is 19.1. The summed E-state index contributed by atoms with van der Waals surface area (Å²) in [7, 11) is 0. The smallest absolute Gasteiger partial charge is 0.138 e. The Hall–Kier alpha value is -2.54. The Labute approximate surface area is 194 Å². The summed E-state index contributed by atoms with van der Waals surface area (Å²) in [6.45, 7) is 5.75. The van der Waals surface area contributed by atoms with E-state index in [1.807, 2.05) is 54.2 Å². The van der Waals surface area contributed by atoms with Gasteiger partial charge in [-0.2, -0.15) is 5.10 Å². The van der Waals surface area contributed by atoms with Gasteiger partial charge >= 0.3 is 0 Å². The highest BCUT2D eigenvalue weighted by atomic mass is 35.5. The van der Waals surface area contributed by atoms with Crippen molar-refractivity contribution in [1.29, 1.82) is 0 Å². The van der Waals surface area contributed by atoms with Gasteiger partial charge in [-0.1, -0.05) is 29.8 Å². The molecule has 4 rings (SSSR count). The maximum absolute atomic E-state index is 11.2. The highest BCUT2D eigenvalue weighted by Crippen LogP contribution is 2.29. The van der Waals surface area contributed by atoms with Crippen LogP contribution in [0.4, 0.5) is 0 Å². The van der Waals surface area contributed by atoms with Crippen molar-refractivity contribution >= 4 is 11.6 Å². The average Bonchev–Trinajstić information content (AvgIpc) is 3.28. The van der Waals surface area contributed by atoms with Crippen LogP contribution in [0.5, 0.6) is 11.5 Å². The zero-order chi connectivity index (χ0) is 22.4. The molecule has 7 heteroatoms. The number of ether oxygens (including phenoxy) is 2. The number of piperidine rings is 1. The molecule has 32 heavy (non-hydrogen) atoms. The van der Waals surface area contributed by atoms with Crippen LogP contribution in [0.3, 0.4) is 0 Å². The van der Waals surface area contributed by atoms with E-state index in [-0.39, 0.29) is 6.61 Å². The van der Waals surface area contributed by atoms with Gasteiger partial charge in [-0.3, -0.25) is 9.58 Å². The molecule has 3 aromatic rings. The summed E-state index contributed by atoms with van der Waals surface area (Å²) in [5.41, 5.74) is 1.34. The Morgan fingerprint density at radius 1 is 1.16 bits per heavy atom. The highest BCUT2D eigenvalue weighted by Gasteiger charge is 2.34. The van der Waals surface area contributed by atoms with E-state index in [0.717, 1.165) is 36.4 Å². The van der Waals surface area contributed by atoms with Crippen LogP contribution in [0.15, 0.2) is 60.9 Å². The first-order valence-corrected chi connectivity index (χ1v) is 11.4. The van der Waals surface area contributed by atoms with E-state index >= 15 is 0 Å². The molecule has 1 atom stereocenters. The van der Waals surface area contributed by atoms with Crippen molar-refractivity contribution in [3.05, 3.63) is 77.1 Å². The van der Waals surface area contributed by atoms with Crippen LogP contribution >= 0.6 is 11.6 Å². The van der Waals surface area contributed by atoms with E-state index in [4.69, 9.17) is 21.1 Å². The summed E-state index contributed by atoms with van der Waals surface area (Å²) in [5, 5.41) is 15.9. The Morgan fingerprint density at radius 3 is 2.91 bits per heavy atom. The van der Waals surface area contributed by atoms with Gasteiger partial charge in [-0.05, 0) is 67.8 Å². The first kappa shape index (κ1) is 22.6. The van der Waals surface area contributed by atoms with Gasteiger partial charge in [0, 0.05) is 25.5 Å². The fourth-order valence-electron chi connectivity index (χ4n) is 4.07. The number of aliphatic hydroxyl groups is 1. The van der Waals surface area contributed by atoms with E-state index < -0.39 is 5.60 Å². The third-order valence-corrected chi connectivity index (χ3v) is 5.98. The quantitative estimate of drug-likeness (QED) is 0.520. The summed E-state index contributed by atoms with van der Waals surface area (Å²) in [5.74, 6) is 1.47. The number of benzene rings is 2. The van der Waals surface area contributed by atoms with E-state index in [9.17, 15) is 5.11 Å². The molecule has 1 aliphatic heterocycles. The van der Waals surface area contributed by atoms with Gasteiger partial charge in [0.15, 0.2) is 0 Å². The third-order valence-electron chi connectivity index (χ3n) is 5.67. The molecule has 0 aliphatic carbocycles. The molecule has 2 aromatic carbocycles. The first-order valence-electron chi connectivity index (χ1n) is 11.0. The maximum atomic E-state index is 11.2. The zero-order valence-corrected chi connectivity index (χ0v) is 19.2. The molecule has 2 heterocycles. The summed E-state index contributed by atoms with van der Waals surface area (Å²) in [6.07, 6.45) is 5.32. The number of hydrogen-bond donors (Lipinski definition) is 1. The lowest BCUT2D eigenvalue weighted by molar-refractivity contribution is -0.0621. The largest absolute Gasteiger partial charge is 0.492 e. The summed E-state index contributed by atoms with van der Waals surface area (Å²) in [6, 6.07) is 15.7. The van der Waals surface area contributed by atoms with Crippen molar-refractivity contribution in [3.8, 4) is 11.5 Å². The van der Waals surface area contributed by atoms with Crippen LogP contribution in [0.1, 0.15) is 24.0 Å². The number of aryl methyl sites for hydroxylation is 1. The minimum Gasteiger partial charge on any atom is -0.492 e. The summed E-state index contributed by atoms with van der Waals surface area (Å²) < 4.78 is 13.7. The van der Waals surface area contributed by atoms with Crippen molar-refractivity contribution in [1.82, 2.24) is 14.7 Å². The van der Waals surface area contributed by atoms with Crippen LogP contribution in [0, 0.1) is 6.92 Å². The van der Waals surface area contributed by atoms with Gasteiger partial charge in [0.2, 0.25) is 0 Å². The van der Waals surface area contributed by atoms with Crippen molar-refractivity contribution in [2.75, 3.05) is 26.3 Å². The SMILES string of the molecule is Cc1ccc(Cl)c(OC[C@]2(O)CCCN(Cc3cccc(OCCn4cccn4)c3)C2)c1. The van der Waals surface area contributed by atoms with E-state index in [0.29, 0.717) is 36.9 Å². The third kappa shape index (κ3) is 6.25.